The van der Waals surface area contributed by atoms with Crippen LogP contribution in [0.4, 0.5) is 17.1 Å². The van der Waals surface area contributed by atoms with Crippen LogP contribution in [0, 0.1) is 0 Å². The lowest BCUT2D eigenvalue weighted by Gasteiger charge is -2.31. The molecule has 0 heterocycles. The molecule has 0 saturated carbocycles. The number of carboxylic acid groups (broad SMARTS) is 1. The molecular weight excluding hydrogens is 578 g/mol. The van der Waals surface area contributed by atoms with E-state index in [1.807, 2.05) is 86.3 Å². The topological polar surface area (TPSA) is 102 Å². The summed E-state index contributed by atoms with van der Waals surface area (Å²) < 4.78 is 36.4. The van der Waals surface area contributed by atoms with Crippen molar-refractivity contribution in [3.05, 3.63) is 53.1 Å². The third-order valence-corrected chi connectivity index (χ3v) is 7.81. The molecule has 0 aromatic heterocycles. The summed E-state index contributed by atoms with van der Waals surface area (Å²) in [6, 6.07) is 11.7. The van der Waals surface area contributed by atoms with Crippen molar-refractivity contribution in [3.8, 4) is 34.5 Å². The molecule has 0 radical (unpaired) electrons. The van der Waals surface area contributed by atoms with Crippen LogP contribution in [-0.4, -0.2) is 95.5 Å². The fourth-order valence-electron chi connectivity index (χ4n) is 5.39. The van der Waals surface area contributed by atoms with Gasteiger partial charge < -0.3 is 48.2 Å². The third kappa shape index (κ3) is 7.53. The lowest BCUT2D eigenvalue weighted by atomic mass is 9.81. The molecule has 0 amide bonds. The third-order valence-electron chi connectivity index (χ3n) is 7.81. The molecule has 246 valence electrons. The quantitative estimate of drug-likeness (QED) is 0.208. The maximum absolute atomic E-state index is 11.1. The van der Waals surface area contributed by atoms with Gasteiger partial charge >= 0.3 is 5.97 Å². The number of aliphatic carboxylic acids is 1. The highest BCUT2D eigenvalue weighted by Crippen LogP contribution is 2.55. The Hall–Kier alpha value is -4.67. The van der Waals surface area contributed by atoms with Crippen LogP contribution in [0.15, 0.2) is 36.4 Å². The van der Waals surface area contributed by atoms with Gasteiger partial charge in [0.15, 0.2) is 0 Å². The molecule has 11 nitrogen and oxygen atoms in total. The summed E-state index contributed by atoms with van der Waals surface area (Å²) in [4.78, 5) is 17.1. The van der Waals surface area contributed by atoms with E-state index in [0.717, 1.165) is 28.2 Å². The van der Waals surface area contributed by atoms with Crippen molar-refractivity contribution in [1.29, 1.82) is 0 Å². The summed E-state index contributed by atoms with van der Waals surface area (Å²) in [6.07, 6.45) is 0.559. The molecule has 45 heavy (non-hydrogen) atoms. The van der Waals surface area contributed by atoms with Crippen LogP contribution in [0.5, 0.6) is 34.5 Å². The molecule has 0 aliphatic carbocycles. The lowest BCUT2D eigenvalue weighted by Crippen LogP contribution is -2.20. The van der Waals surface area contributed by atoms with Gasteiger partial charge in [0.25, 0.3) is 0 Å². The van der Waals surface area contributed by atoms with Crippen molar-refractivity contribution in [2.45, 2.75) is 18.8 Å². The van der Waals surface area contributed by atoms with E-state index in [0.29, 0.717) is 53.0 Å². The van der Waals surface area contributed by atoms with Gasteiger partial charge in [0.2, 0.25) is 0 Å². The first-order valence-electron chi connectivity index (χ1n) is 14.5. The second-order valence-corrected chi connectivity index (χ2v) is 10.9. The second-order valence-electron chi connectivity index (χ2n) is 10.9. The highest BCUT2D eigenvalue weighted by Gasteiger charge is 2.36. The molecule has 0 aliphatic heterocycles. The average Bonchev–Trinajstić information content (AvgIpc) is 3.03. The monoisotopic (exact) mass is 625 g/mol. The Bertz CT molecular complexity index is 1330. The van der Waals surface area contributed by atoms with Gasteiger partial charge in [0, 0.05) is 118 Å². The molecule has 0 spiro atoms. The van der Waals surface area contributed by atoms with Crippen molar-refractivity contribution in [3.63, 3.8) is 0 Å². The predicted molar refractivity (Wildman–Crippen MR) is 178 cm³/mol. The Morgan fingerprint density at radius 3 is 1.11 bits per heavy atom. The van der Waals surface area contributed by atoms with E-state index < -0.39 is 11.9 Å². The van der Waals surface area contributed by atoms with Gasteiger partial charge in [-0.1, -0.05) is 0 Å². The molecule has 3 rings (SSSR count). The van der Waals surface area contributed by atoms with E-state index in [1.54, 1.807) is 42.7 Å². The van der Waals surface area contributed by atoms with E-state index >= 15 is 0 Å². The number of hydrogen-bond acceptors (Lipinski definition) is 10. The number of rotatable bonds is 16. The zero-order valence-corrected chi connectivity index (χ0v) is 28.3. The first kappa shape index (κ1) is 34.8. The molecule has 0 atom stereocenters. The van der Waals surface area contributed by atoms with Crippen molar-refractivity contribution >= 4 is 23.0 Å². The molecule has 11 heteroatoms. The van der Waals surface area contributed by atoms with Gasteiger partial charge in [0.05, 0.1) is 48.6 Å². The van der Waals surface area contributed by atoms with Crippen molar-refractivity contribution in [2.24, 2.45) is 0 Å². The van der Waals surface area contributed by atoms with Crippen molar-refractivity contribution in [1.82, 2.24) is 0 Å². The number of anilines is 3. The van der Waals surface area contributed by atoms with E-state index in [9.17, 15) is 4.79 Å². The van der Waals surface area contributed by atoms with Gasteiger partial charge in [-0.3, -0.25) is 4.79 Å². The van der Waals surface area contributed by atoms with E-state index in [2.05, 4.69) is 0 Å². The number of ether oxygens (including phenoxy) is 6. The number of nitrogens with zero attached hydrogens (tertiary/aromatic N) is 3. The number of benzene rings is 3. The smallest absolute Gasteiger partial charge is 0.303 e. The molecule has 0 fully saturated rings. The van der Waals surface area contributed by atoms with Crippen LogP contribution in [0.1, 0.15) is 35.4 Å². The predicted octanol–water partition coefficient (Wildman–Crippen LogP) is 5.35. The minimum Gasteiger partial charge on any atom is -0.496 e. The minimum atomic E-state index is -0.830. The number of methoxy groups -OCH3 is 6. The summed E-state index contributed by atoms with van der Waals surface area (Å²) in [7, 11) is 19.4. The highest BCUT2D eigenvalue weighted by molar-refractivity contribution is 5.73. The zero-order chi connectivity index (χ0) is 33.4. The molecule has 0 saturated heterocycles. The van der Waals surface area contributed by atoms with Gasteiger partial charge in [0.1, 0.15) is 34.5 Å². The normalized spacial score (nSPS) is 10.8. The lowest BCUT2D eigenvalue weighted by molar-refractivity contribution is -0.137. The largest absolute Gasteiger partial charge is 0.496 e. The average molecular weight is 626 g/mol. The van der Waals surface area contributed by atoms with E-state index in [4.69, 9.17) is 33.5 Å². The number of carboxylic acids is 1. The molecule has 0 unspecified atom stereocenters. The van der Waals surface area contributed by atoms with Gasteiger partial charge in [-0.05, 0) is 6.42 Å². The summed E-state index contributed by atoms with van der Waals surface area (Å²) >= 11 is 0. The number of carbonyl (C=O) groups is 1. The Labute approximate surface area is 266 Å². The Morgan fingerprint density at radius 2 is 0.867 bits per heavy atom. The van der Waals surface area contributed by atoms with E-state index in [-0.39, 0.29) is 6.42 Å². The highest BCUT2D eigenvalue weighted by atomic mass is 16.5. The second kappa shape index (κ2) is 15.4. The summed E-state index contributed by atoms with van der Waals surface area (Å²) in [5, 5.41) is 9.14. The Kier molecular flexibility index (Phi) is 11.9. The first-order valence-corrected chi connectivity index (χ1v) is 14.5. The number of hydrogen-bond donors (Lipinski definition) is 1. The molecule has 0 bridgehead atoms. The summed E-state index contributed by atoms with van der Waals surface area (Å²) in [5.41, 5.74) is 4.74. The van der Waals surface area contributed by atoms with Crippen LogP contribution < -0.4 is 43.1 Å². The first-order chi connectivity index (χ1) is 21.4. The Balaban J connectivity index is 2.50. The fraction of sp³-hybridized carbons (Fsp3) is 0.441. The van der Waals surface area contributed by atoms with Gasteiger partial charge in [-0.25, -0.2) is 0 Å². The van der Waals surface area contributed by atoms with Gasteiger partial charge in [-0.15, -0.1) is 0 Å². The summed E-state index contributed by atoms with van der Waals surface area (Å²) in [5.74, 6) is 1.98. The molecule has 0 aliphatic rings. The van der Waals surface area contributed by atoms with Gasteiger partial charge in [-0.2, -0.15) is 0 Å². The fourth-order valence-corrected chi connectivity index (χ4v) is 5.39. The van der Waals surface area contributed by atoms with E-state index in [1.165, 1.54) is 0 Å². The molecular formula is C34H47N3O8. The maximum Gasteiger partial charge on any atom is 0.303 e. The minimum absolute atomic E-state index is 0.0732. The maximum atomic E-state index is 11.1. The van der Waals surface area contributed by atoms with Crippen LogP contribution in [0.25, 0.3) is 0 Å². The SMILES string of the molecule is COc1cc(N(C)C)cc(OC)c1C(c1c(OC)cc(N(C)C)cc1OC)c1c(OC)cc(N(C)CCCC(=O)O)cc1OC. The molecule has 3 aromatic rings. The Morgan fingerprint density at radius 1 is 0.578 bits per heavy atom. The van der Waals surface area contributed by atoms with Crippen molar-refractivity contribution in [2.75, 3.05) is 99.1 Å². The van der Waals surface area contributed by atoms with Crippen molar-refractivity contribution < 1.29 is 38.3 Å². The van der Waals surface area contributed by atoms with Crippen LogP contribution in [0.3, 0.4) is 0 Å². The summed E-state index contributed by atoms with van der Waals surface area (Å²) in [6.45, 7) is 0.530. The van der Waals surface area contributed by atoms with Crippen LogP contribution in [-0.2, 0) is 4.79 Å². The van der Waals surface area contributed by atoms with Crippen LogP contribution in [0.2, 0.25) is 0 Å². The molecule has 3 aromatic carbocycles. The standard InChI is InChI=1S/C34H47N3O8/c1-35(2)21-15-24(40-6)31(25(16-21)41-7)34(32-26(42-8)17-22(36(3)4)18-27(32)43-9)33-28(44-10)19-23(20-29(33)45-11)37(5)14-12-13-30(38)39/h15-20,34H,12-14H2,1-11H3,(H,38,39). The molecule has 1 N–H and O–H groups in total. The zero-order valence-electron chi connectivity index (χ0n) is 28.3. The van der Waals surface area contributed by atoms with Crippen LogP contribution >= 0.6 is 0 Å².